The number of piperidine rings is 1. The van der Waals surface area contributed by atoms with Gasteiger partial charge in [-0.3, -0.25) is 4.79 Å². The van der Waals surface area contributed by atoms with Gasteiger partial charge in [0.2, 0.25) is 5.95 Å². The zero-order valence-corrected chi connectivity index (χ0v) is 17.3. The molecule has 29 heavy (non-hydrogen) atoms. The maximum atomic E-state index is 11.9. The Hall–Kier alpha value is -2.74. The van der Waals surface area contributed by atoms with Crippen LogP contribution in [0.3, 0.4) is 0 Å². The van der Waals surface area contributed by atoms with Crippen LogP contribution in [0.2, 0.25) is 0 Å². The number of hydrogen-bond acceptors (Lipinski definition) is 7. The lowest BCUT2D eigenvalue weighted by Crippen LogP contribution is -2.47. The largest absolute Gasteiger partial charge is 0.368 e. The number of ether oxygens (including phenoxy) is 1. The number of rotatable bonds is 4. The predicted molar refractivity (Wildman–Crippen MR) is 111 cm³/mol. The van der Waals surface area contributed by atoms with E-state index in [2.05, 4.69) is 20.2 Å². The summed E-state index contributed by atoms with van der Waals surface area (Å²) in [5, 5.41) is 2.80. The van der Waals surface area contributed by atoms with Gasteiger partial charge < -0.3 is 19.9 Å². The minimum Gasteiger partial charge on any atom is -0.368 e. The van der Waals surface area contributed by atoms with Crippen molar-refractivity contribution >= 4 is 17.7 Å². The summed E-state index contributed by atoms with van der Waals surface area (Å²) in [6.45, 7) is 4.87. The number of nitrogens with one attached hydrogen (secondary N) is 1. The molecule has 1 N–H and O–H groups in total. The second-order valence-corrected chi connectivity index (χ2v) is 7.78. The van der Waals surface area contributed by atoms with Crippen LogP contribution in [0.5, 0.6) is 0 Å². The van der Waals surface area contributed by atoms with E-state index in [1.807, 2.05) is 44.2 Å². The van der Waals surface area contributed by atoms with Crippen molar-refractivity contribution < 1.29 is 9.53 Å². The summed E-state index contributed by atoms with van der Waals surface area (Å²) >= 11 is 0. The van der Waals surface area contributed by atoms with E-state index in [1.165, 1.54) is 5.56 Å². The highest BCUT2D eigenvalue weighted by atomic mass is 16.5. The highest BCUT2D eigenvalue weighted by Crippen LogP contribution is 2.41. The van der Waals surface area contributed by atoms with Crippen LogP contribution in [0.1, 0.15) is 41.4 Å². The molecule has 4 rings (SSSR count). The van der Waals surface area contributed by atoms with Gasteiger partial charge in [0, 0.05) is 46.1 Å². The molecule has 0 atom stereocenters. The molecule has 1 fully saturated rings. The fraction of sp³-hybridized carbons (Fsp3) is 0.524. The van der Waals surface area contributed by atoms with Crippen molar-refractivity contribution in [3.63, 3.8) is 0 Å². The maximum Gasteiger partial charge on any atom is 0.252 e. The lowest BCUT2D eigenvalue weighted by molar-refractivity contribution is -0.0801. The molecule has 0 aliphatic carbocycles. The number of aromatic nitrogens is 3. The highest BCUT2D eigenvalue weighted by Gasteiger charge is 2.43. The molecule has 1 amide bonds. The minimum absolute atomic E-state index is 0.0901. The van der Waals surface area contributed by atoms with Crippen molar-refractivity contribution in [1.82, 2.24) is 20.3 Å². The summed E-state index contributed by atoms with van der Waals surface area (Å²) < 4.78 is 6.32. The molecule has 0 bridgehead atoms. The van der Waals surface area contributed by atoms with E-state index in [0.717, 1.165) is 49.8 Å². The van der Waals surface area contributed by atoms with Gasteiger partial charge in [-0.15, -0.1) is 0 Å². The van der Waals surface area contributed by atoms with Crippen molar-refractivity contribution in [2.75, 3.05) is 50.1 Å². The number of nitrogens with zero attached hydrogens (tertiary/aromatic N) is 5. The topological polar surface area (TPSA) is 83.5 Å². The van der Waals surface area contributed by atoms with Crippen LogP contribution >= 0.6 is 0 Å². The Bertz CT molecular complexity index is 875. The molecular weight excluding hydrogens is 368 g/mol. The Morgan fingerprint density at radius 3 is 2.69 bits per heavy atom. The van der Waals surface area contributed by atoms with Gasteiger partial charge in [-0.25, -0.2) is 15.0 Å². The van der Waals surface area contributed by atoms with Gasteiger partial charge in [-0.05, 0) is 43.9 Å². The smallest absolute Gasteiger partial charge is 0.252 e. The quantitative estimate of drug-likeness (QED) is 0.843. The highest BCUT2D eigenvalue weighted by molar-refractivity contribution is 5.94. The lowest BCUT2D eigenvalue weighted by atomic mass is 9.83. The number of carbonyl (C=O) groups excluding carboxylic acids is 1. The third-order valence-corrected chi connectivity index (χ3v) is 5.68. The average molecular weight is 396 g/mol. The van der Waals surface area contributed by atoms with Crippen molar-refractivity contribution in [1.29, 1.82) is 0 Å². The van der Waals surface area contributed by atoms with E-state index in [9.17, 15) is 4.79 Å². The monoisotopic (exact) mass is 396 g/mol. The summed E-state index contributed by atoms with van der Waals surface area (Å²) in [5.74, 6) is 1.52. The second kappa shape index (κ2) is 7.94. The summed E-state index contributed by atoms with van der Waals surface area (Å²) in [4.78, 5) is 29.9. The van der Waals surface area contributed by atoms with Crippen LogP contribution in [0.4, 0.5) is 11.8 Å². The van der Waals surface area contributed by atoms with Crippen molar-refractivity contribution in [3.05, 3.63) is 41.3 Å². The van der Waals surface area contributed by atoms with E-state index >= 15 is 0 Å². The molecule has 2 aromatic heterocycles. The molecule has 1 spiro atoms. The van der Waals surface area contributed by atoms with Gasteiger partial charge in [0.05, 0.1) is 17.9 Å². The van der Waals surface area contributed by atoms with Crippen molar-refractivity contribution in [3.8, 4) is 0 Å². The first kappa shape index (κ1) is 19.6. The first-order valence-electron chi connectivity index (χ1n) is 10.2. The number of amides is 1. The predicted octanol–water partition coefficient (Wildman–Crippen LogP) is 1.76. The van der Waals surface area contributed by atoms with Gasteiger partial charge in [0.15, 0.2) is 0 Å². The Morgan fingerprint density at radius 2 is 2.03 bits per heavy atom. The molecule has 1 saturated heterocycles. The van der Waals surface area contributed by atoms with E-state index in [-0.39, 0.29) is 11.5 Å². The van der Waals surface area contributed by atoms with Crippen LogP contribution in [-0.4, -0.2) is 61.2 Å². The van der Waals surface area contributed by atoms with Crippen molar-refractivity contribution in [2.45, 2.75) is 31.8 Å². The molecule has 154 valence electrons. The summed E-state index contributed by atoms with van der Waals surface area (Å²) in [5.41, 5.74) is 2.47. The second-order valence-electron chi connectivity index (χ2n) is 7.78. The molecule has 2 aromatic rings. The first-order valence-corrected chi connectivity index (χ1v) is 10.2. The average Bonchev–Trinajstić information content (AvgIpc) is 2.75. The number of hydrogen-bond donors (Lipinski definition) is 1. The van der Waals surface area contributed by atoms with E-state index in [4.69, 9.17) is 9.72 Å². The standard InChI is InChI=1S/C21H28N6O2/c1-4-22-19(28)16-5-6-17(23-14-16)27-10-8-21(9-11-27)18-15(7-12-29-21)13-24-20(25-18)26(2)3/h5-6,13-14H,4,7-12H2,1-3H3,(H,22,28). The van der Waals surface area contributed by atoms with E-state index in [0.29, 0.717) is 18.7 Å². The molecule has 0 aromatic carbocycles. The number of carbonyl (C=O) groups is 1. The SMILES string of the molecule is CCNC(=O)c1ccc(N2CCC3(CC2)OCCc2cnc(N(C)C)nc23)nc1. The van der Waals surface area contributed by atoms with Gasteiger partial charge >= 0.3 is 0 Å². The molecule has 0 saturated carbocycles. The van der Waals surface area contributed by atoms with Gasteiger partial charge in [0.1, 0.15) is 11.4 Å². The number of pyridine rings is 1. The first-order chi connectivity index (χ1) is 14.0. The zero-order valence-electron chi connectivity index (χ0n) is 17.3. The third-order valence-electron chi connectivity index (χ3n) is 5.68. The van der Waals surface area contributed by atoms with Crippen LogP contribution < -0.4 is 15.1 Å². The Morgan fingerprint density at radius 1 is 1.24 bits per heavy atom. The van der Waals surface area contributed by atoms with Crippen LogP contribution in [-0.2, 0) is 16.8 Å². The molecule has 0 unspecified atom stereocenters. The normalized spacial score (nSPS) is 17.7. The van der Waals surface area contributed by atoms with Crippen LogP contribution in [0, 0.1) is 0 Å². The van der Waals surface area contributed by atoms with E-state index < -0.39 is 0 Å². The summed E-state index contributed by atoms with van der Waals surface area (Å²) in [7, 11) is 3.91. The van der Waals surface area contributed by atoms with Crippen LogP contribution in [0.25, 0.3) is 0 Å². The summed E-state index contributed by atoms with van der Waals surface area (Å²) in [6.07, 6.45) is 6.16. The number of anilines is 2. The van der Waals surface area contributed by atoms with E-state index in [1.54, 1.807) is 6.20 Å². The molecule has 4 heterocycles. The lowest BCUT2D eigenvalue weighted by Gasteiger charge is -2.44. The molecule has 2 aliphatic heterocycles. The Kier molecular flexibility index (Phi) is 5.36. The third kappa shape index (κ3) is 3.76. The Balaban J connectivity index is 1.50. The minimum atomic E-state index is -0.348. The molecule has 8 heteroatoms. The van der Waals surface area contributed by atoms with Gasteiger partial charge in [-0.2, -0.15) is 0 Å². The molecule has 0 radical (unpaired) electrons. The molecule has 8 nitrogen and oxygen atoms in total. The summed E-state index contributed by atoms with van der Waals surface area (Å²) in [6, 6.07) is 3.76. The molecule has 2 aliphatic rings. The van der Waals surface area contributed by atoms with Gasteiger partial charge in [0.25, 0.3) is 5.91 Å². The fourth-order valence-corrected chi connectivity index (χ4v) is 4.06. The maximum absolute atomic E-state index is 11.9. The molecular formula is C21H28N6O2. The zero-order chi connectivity index (χ0) is 20.4. The Labute approximate surface area is 171 Å². The number of fused-ring (bicyclic) bond motifs is 2. The van der Waals surface area contributed by atoms with Gasteiger partial charge in [-0.1, -0.05) is 0 Å². The fourth-order valence-electron chi connectivity index (χ4n) is 4.06. The van der Waals surface area contributed by atoms with Crippen molar-refractivity contribution in [2.24, 2.45) is 0 Å². The van der Waals surface area contributed by atoms with Crippen LogP contribution in [0.15, 0.2) is 24.5 Å².